The maximum Gasteiger partial charge on any atom is 0.414 e. The molecule has 1 N–H and O–H groups in total. The number of carbonyl (C=O) groups is 2. The summed E-state index contributed by atoms with van der Waals surface area (Å²) in [6, 6.07) is 17.1. The van der Waals surface area contributed by atoms with Gasteiger partial charge in [-0.3, -0.25) is 9.69 Å². The summed E-state index contributed by atoms with van der Waals surface area (Å²) in [5.74, 6) is -0.156. The highest BCUT2D eigenvalue weighted by molar-refractivity contribution is 5.97. The van der Waals surface area contributed by atoms with Gasteiger partial charge in [-0.25, -0.2) is 4.79 Å². The molecule has 0 aliphatic heterocycles. The summed E-state index contributed by atoms with van der Waals surface area (Å²) in [6.07, 6.45) is 3.70. The zero-order valence-electron chi connectivity index (χ0n) is 17.8. The number of anilines is 2. The molecule has 0 aromatic heterocycles. The molecule has 0 spiro atoms. The van der Waals surface area contributed by atoms with Crippen LogP contribution in [0.2, 0.25) is 0 Å². The molecule has 2 aromatic carbocycles. The smallest absolute Gasteiger partial charge is 0.414 e. The molecule has 0 saturated heterocycles. The Morgan fingerprint density at radius 2 is 1.69 bits per heavy atom. The lowest BCUT2D eigenvalue weighted by molar-refractivity contribution is -0.113. The third-order valence-corrected chi connectivity index (χ3v) is 4.16. The van der Waals surface area contributed by atoms with Crippen molar-refractivity contribution in [1.29, 1.82) is 0 Å². The van der Waals surface area contributed by atoms with E-state index in [1.807, 2.05) is 63.2 Å². The van der Waals surface area contributed by atoms with Crippen LogP contribution in [0.4, 0.5) is 16.2 Å². The maximum atomic E-state index is 12.6. The number of unbranched alkanes of at least 4 members (excludes halogenated alkanes) is 1. The maximum absolute atomic E-state index is 12.6. The van der Waals surface area contributed by atoms with Crippen molar-refractivity contribution in [3.8, 4) is 0 Å². The van der Waals surface area contributed by atoms with E-state index in [4.69, 9.17) is 4.74 Å². The number of nitrogens with zero attached hydrogens (tertiary/aromatic N) is 1. The van der Waals surface area contributed by atoms with Gasteiger partial charge in [-0.2, -0.15) is 0 Å². The van der Waals surface area contributed by atoms with E-state index in [9.17, 15) is 9.59 Å². The Morgan fingerprint density at radius 1 is 1.03 bits per heavy atom. The lowest BCUT2D eigenvalue weighted by Crippen LogP contribution is -2.37. The highest BCUT2D eigenvalue weighted by Gasteiger charge is 2.23. The first kappa shape index (κ1) is 22.5. The monoisotopic (exact) mass is 395 g/mol. The molecule has 2 amide bonds. The Bertz CT molecular complexity index is 780. The first-order chi connectivity index (χ1) is 13.8. The van der Waals surface area contributed by atoms with Gasteiger partial charge in [0.05, 0.1) is 6.42 Å². The van der Waals surface area contributed by atoms with Gasteiger partial charge in [0.2, 0.25) is 5.91 Å². The fourth-order valence-electron chi connectivity index (χ4n) is 2.70. The third-order valence-electron chi connectivity index (χ3n) is 4.16. The van der Waals surface area contributed by atoms with Crippen molar-refractivity contribution in [2.75, 3.05) is 16.8 Å². The second kappa shape index (κ2) is 10.6. The van der Waals surface area contributed by atoms with Crippen LogP contribution in [-0.4, -0.2) is 24.1 Å². The Morgan fingerprint density at radius 3 is 2.28 bits per heavy atom. The van der Waals surface area contributed by atoms with Crippen LogP contribution in [0.1, 0.15) is 46.1 Å². The number of hydrogen-bond donors (Lipinski definition) is 1. The molecule has 0 heterocycles. The normalized spacial score (nSPS) is 11.0. The quantitative estimate of drug-likeness (QED) is 0.632. The Balaban J connectivity index is 1.98. The molecule has 1 radical (unpaired) electrons. The fourth-order valence-corrected chi connectivity index (χ4v) is 2.70. The van der Waals surface area contributed by atoms with Crippen molar-refractivity contribution in [3.05, 3.63) is 66.6 Å². The molecular formula is C24H31N2O3. The molecule has 155 valence electrons. The number of carbonyl (C=O) groups excluding carboxylic acids is 2. The minimum atomic E-state index is -0.552. The van der Waals surface area contributed by atoms with Crippen molar-refractivity contribution in [3.63, 3.8) is 0 Å². The molecule has 0 bridgehead atoms. The number of rotatable bonds is 8. The average molecular weight is 396 g/mol. The molecule has 29 heavy (non-hydrogen) atoms. The Labute approximate surface area is 174 Å². The van der Waals surface area contributed by atoms with E-state index < -0.39 is 5.60 Å². The van der Waals surface area contributed by atoms with Gasteiger partial charge in [0, 0.05) is 17.9 Å². The summed E-state index contributed by atoms with van der Waals surface area (Å²) in [5.41, 5.74) is 1.97. The average Bonchev–Trinajstić information content (AvgIpc) is 2.67. The van der Waals surface area contributed by atoms with E-state index in [0.29, 0.717) is 18.7 Å². The van der Waals surface area contributed by atoms with Gasteiger partial charge >= 0.3 is 6.09 Å². The van der Waals surface area contributed by atoms with E-state index in [0.717, 1.165) is 24.1 Å². The predicted molar refractivity (Wildman–Crippen MR) is 118 cm³/mol. The van der Waals surface area contributed by atoms with E-state index in [-0.39, 0.29) is 12.0 Å². The van der Waals surface area contributed by atoms with Crippen LogP contribution in [-0.2, 0) is 16.0 Å². The molecule has 0 saturated carbocycles. The van der Waals surface area contributed by atoms with Gasteiger partial charge < -0.3 is 10.1 Å². The lowest BCUT2D eigenvalue weighted by atomic mass is 10.1. The van der Waals surface area contributed by atoms with Crippen LogP contribution >= 0.6 is 0 Å². The van der Waals surface area contributed by atoms with E-state index >= 15 is 0 Å². The van der Waals surface area contributed by atoms with Crippen molar-refractivity contribution in [2.45, 2.75) is 52.6 Å². The summed E-state index contributed by atoms with van der Waals surface area (Å²) < 4.78 is 5.53. The number of ether oxygens (including phenoxy) is 1. The zero-order chi connectivity index (χ0) is 21.3. The third kappa shape index (κ3) is 7.98. The standard InChI is InChI=1S/C24H31N2O3/c1-5-6-18-26(23(28)29-24(2,3)4)21-15-13-20(14-16-21)25-22(27)17-12-19-10-8-7-9-11-19/h7-11,13-17H,5-6,12,18H2,1-4H3,(H,25,27). The SMILES string of the molecule is CCCCN(C(=O)OC(C)(C)C)c1ccc(NC(=O)[CH]Cc2ccccc2)cc1. The summed E-state index contributed by atoms with van der Waals surface area (Å²) in [6.45, 7) is 8.23. The van der Waals surface area contributed by atoms with E-state index in [2.05, 4.69) is 12.2 Å². The number of benzene rings is 2. The van der Waals surface area contributed by atoms with Crippen LogP contribution in [0.3, 0.4) is 0 Å². The topological polar surface area (TPSA) is 58.6 Å². The Hall–Kier alpha value is -2.82. The predicted octanol–water partition coefficient (Wildman–Crippen LogP) is 5.61. The summed E-state index contributed by atoms with van der Waals surface area (Å²) in [5, 5.41) is 2.86. The lowest BCUT2D eigenvalue weighted by Gasteiger charge is -2.27. The molecule has 0 fully saturated rings. The van der Waals surface area contributed by atoms with Crippen LogP contribution in [0, 0.1) is 6.42 Å². The first-order valence-corrected chi connectivity index (χ1v) is 10.1. The number of hydrogen-bond acceptors (Lipinski definition) is 3. The van der Waals surface area contributed by atoms with Crippen molar-refractivity contribution >= 4 is 23.4 Å². The molecular weight excluding hydrogens is 364 g/mol. The van der Waals surface area contributed by atoms with E-state index in [1.165, 1.54) is 0 Å². The second-order valence-corrected chi connectivity index (χ2v) is 7.92. The molecule has 0 unspecified atom stereocenters. The zero-order valence-corrected chi connectivity index (χ0v) is 17.8. The van der Waals surface area contributed by atoms with Gasteiger partial charge in [-0.1, -0.05) is 43.7 Å². The van der Waals surface area contributed by atoms with Gasteiger partial charge in [0.1, 0.15) is 5.60 Å². The molecule has 2 aromatic rings. The minimum absolute atomic E-state index is 0.156. The molecule has 0 aliphatic carbocycles. The molecule has 0 aliphatic rings. The highest BCUT2D eigenvalue weighted by Crippen LogP contribution is 2.21. The van der Waals surface area contributed by atoms with Crippen molar-refractivity contribution in [1.82, 2.24) is 0 Å². The highest BCUT2D eigenvalue weighted by atomic mass is 16.6. The van der Waals surface area contributed by atoms with Crippen molar-refractivity contribution in [2.24, 2.45) is 0 Å². The van der Waals surface area contributed by atoms with Gasteiger partial charge in [0.25, 0.3) is 0 Å². The van der Waals surface area contributed by atoms with Crippen molar-refractivity contribution < 1.29 is 14.3 Å². The molecule has 2 rings (SSSR count). The van der Waals surface area contributed by atoms with Crippen LogP contribution < -0.4 is 10.2 Å². The van der Waals surface area contributed by atoms with Crippen LogP contribution in [0.25, 0.3) is 0 Å². The fraction of sp³-hybridized carbons (Fsp3) is 0.375. The molecule has 5 nitrogen and oxygen atoms in total. The Kier molecular flexibility index (Phi) is 8.25. The molecule has 0 atom stereocenters. The van der Waals surface area contributed by atoms with Gasteiger partial charge in [-0.15, -0.1) is 0 Å². The van der Waals surface area contributed by atoms with Gasteiger partial charge in [-0.05, 0) is 63.4 Å². The first-order valence-electron chi connectivity index (χ1n) is 10.1. The number of amides is 2. The second-order valence-electron chi connectivity index (χ2n) is 7.92. The van der Waals surface area contributed by atoms with Crippen LogP contribution in [0.5, 0.6) is 0 Å². The summed E-state index contributed by atoms with van der Waals surface area (Å²) in [7, 11) is 0. The number of nitrogens with one attached hydrogen (secondary N) is 1. The largest absolute Gasteiger partial charge is 0.443 e. The van der Waals surface area contributed by atoms with Crippen LogP contribution in [0.15, 0.2) is 54.6 Å². The summed E-state index contributed by atoms with van der Waals surface area (Å²) in [4.78, 5) is 26.4. The van der Waals surface area contributed by atoms with E-state index in [1.54, 1.807) is 23.5 Å². The molecule has 5 heteroatoms. The summed E-state index contributed by atoms with van der Waals surface area (Å²) >= 11 is 0. The van der Waals surface area contributed by atoms with Gasteiger partial charge in [0.15, 0.2) is 0 Å². The minimum Gasteiger partial charge on any atom is -0.443 e.